The number of hydrogen-bond donors (Lipinski definition) is 0. The molecule has 0 aliphatic rings. The van der Waals surface area contributed by atoms with E-state index in [0.29, 0.717) is 10.1 Å². The molecule has 72 valence electrons. The Labute approximate surface area is 95.8 Å². The van der Waals surface area contributed by atoms with E-state index in [2.05, 4.69) is 0 Å². The van der Waals surface area contributed by atoms with Crippen molar-refractivity contribution in [2.45, 2.75) is 0 Å². The first-order valence-electron chi connectivity index (χ1n) is 3.61. The van der Waals surface area contributed by atoms with Crippen molar-refractivity contribution in [2.24, 2.45) is 0 Å². The van der Waals surface area contributed by atoms with E-state index >= 15 is 0 Å². The second kappa shape index (κ2) is 3.43. The number of rotatable bonds is 1. The highest BCUT2D eigenvalue weighted by molar-refractivity contribution is 14.1. The number of benzene rings is 1. The topological polar surface area (TPSA) is 43.1 Å². The molecule has 0 radical (unpaired) electrons. The third kappa shape index (κ3) is 1.59. The van der Waals surface area contributed by atoms with Gasteiger partial charge in [-0.3, -0.25) is 10.1 Å². The van der Waals surface area contributed by atoms with Gasteiger partial charge in [0.25, 0.3) is 0 Å². The summed E-state index contributed by atoms with van der Waals surface area (Å²) in [7, 11) is 0. The van der Waals surface area contributed by atoms with Crippen LogP contribution in [0.3, 0.4) is 0 Å². The maximum Gasteiger partial charge on any atom is 0.325 e. The summed E-state index contributed by atoms with van der Waals surface area (Å²) < 4.78 is 14.7. The van der Waals surface area contributed by atoms with Gasteiger partial charge in [0.15, 0.2) is 0 Å². The molecule has 0 aliphatic carbocycles. The molecule has 0 N–H and O–H groups in total. The summed E-state index contributed by atoms with van der Waals surface area (Å²) in [6.45, 7) is 0. The smallest absolute Gasteiger partial charge is 0.258 e. The zero-order valence-electron chi connectivity index (χ0n) is 6.66. The fraction of sp³-hybridized carbons (Fsp3) is 0. The van der Waals surface area contributed by atoms with Crippen molar-refractivity contribution in [3.05, 3.63) is 37.7 Å². The molecule has 0 amide bonds. The van der Waals surface area contributed by atoms with Gasteiger partial charge in [0.2, 0.25) is 0 Å². The standard InChI is InChI=1S/C8H3FINO2S/c9-6-1-4(10)2-7-5(6)3-8(14-7)11(12)13/h1-3H. The predicted molar refractivity (Wildman–Crippen MR) is 61.2 cm³/mol. The molecule has 0 unspecified atom stereocenters. The number of thiophene rings is 1. The Morgan fingerprint density at radius 1 is 1.43 bits per heavy atom. The molecular weight excluding hydrogens is 320 g/mol. The third-order valence-electron chi connectivity index (χ3n) is 1.72. The van der Waals surface area contributed by atoms with Crippen LogP contribution in [-0.2, 0) is 0 Å². The van der Waals surface area contributed by atoms with Gasteiger partial charge in [0.05, 0.1) is 4.92 Å². The van der Waals surface area contributed by atoms with Crippen molar-refractivity contribution in [2.75, 3.05) is 0 Å². The van der Waals surface area contributed by atoms with E-state index in [-0.39, 0.29) is 5.00 Å². The Kier molecular flexibility index (Phi) is 2.40. The number of nitrogens with zero attached hydrogens (tertiary/aromatic N) is 1. The largest absolute Gasteiger partial charge is 0.325 e. The molecule has 1 heterocycles. The maximum absolute atomic E-state index is 13.3. The second-order valence-corrected chi connectivity index (χ2v) is 4.95. The molecule has 0 bridgehead atoms. The molecule has 1 aromatic heterocycles. The van der Waals surface area contributed by atoms with E-state index < -0.39 is 10.7 Å². The van der Waals surface area contributed by atoms with Gasteiger partial charge in [-0.05, 0) is 34.7 Å². The van der Waals surface area contributed by atoms with Gasteiger partial charge in [-0.15, -0.1) is 0 Å². The van der Waals surface area contributed by atoms with E-state index in [4.69, 9.17) is 0 Å². The predicted octanol–water partition coefficient (Wildman–Crippen LogP) is 3.55. The summed E-state index contributed by atoms with van der Waals surface area (Å²) in [5, 5.41) is 10.8. The molecule has 0 aliphatic heterocycles. The monoisotopic (exact) mass is 323 g/mol. The van der Waals surface area contributed by atoms with Crippen molar-refractivity contribution >= 4 is 49.0 Å². The molecule has 0 fully saturated rings. The van der Waals surface area contributed by atoms with Crippen LogP contribution in [0.25, 0.3) is 10.1 Å². The zero-order chi connectivity index (χ0) is 10.3. The Hall–Kier alpha value is -0.760. The summed E-state index contributed by atoms with van der Waals surface area (Å²) in [5.41, 5.74) is 0. The second-order valence-electron chi connectivity index (χ2n) is 2.64. The minimum absolute atomic E-state index is 0.0269. The lowest BCUT2D eigenvalue weighted by Gasteiger charge is -1.92. The molecule has 6 heteroatoms. The van der Waals surface area contributed by atoms with Crippen LogP contribution >= 0.6 is 33.9 Å². The van der Waals surface area contributed by atoms with Gasteiger partial charge in [0.1, 0.15) is 5.82 Å². The summed E-state index contributed by atoms with van der Waals surface area (Å²) in [6, 6.07) is 4.36. The summed E-state index contributed by atoms with van der Waals surface area (Å²) in [6.07, 6.45) is 0. The average Bonchev–Trinajstić information content (AvgIpc) is 2.47. The highest BCUT2D eigenvalue weighted by Crippen LogP contribution is 2.33. The Morgan fingerprint density at radius 2 is 2.14 bits per heavy atom. The van der Waals surface area contributed by atoms with E-state index in [0.717, 1.165) is 14.9 Å². The van der Waals surface area contributed by atoms with Crippen LogP contribution in [0.5, 0.6) is 0 Å². The minimum Gasteiger partial charge on any atom is -0.258 e. The molecule has 0 atom stereocenters. The van der Waals surface area contributed by atoms with Crippen LogP contribution < -0.4 is 0 Å². The van der Waals surface area contributed by atoms with Crippen molar-refractivity contribution < 1.29 is 9.31 Å². The van der Waals surface area contributed by atoms with Crippen LogP contribution in [0.15, 0.2) is 18.2 Å². The van der Waals surface area contributed by atoms with Crippen molar-refractivity contribution in [3.63, 3.8) is 0 Å². The lowest BCUT2D eigenvalue weighted by atomic mass is 10.2. The van der Waals surface area contributed by atoms with Gasteiger partial charge in [0, 0.05) is 19.7 Å². The molecule has 1 aromatic carbocycles. The minimum atomic E-state index is -0.503. The first-order chi connectivity index (χ1) is 6.58. The molecule has 14 heavy (non-hydrogen) atoms. The van der Waals surface area contributed by atoms with Gasteiger partial charge in [-0.2, -0.15) is 0 Å². The summed E-state index contributed by atoms with van der Waals surface area (Å²) in [5.74, 6) is -0.406. The van der Waals surface area contributed by atoms with E-state index in [1.54, 1.807) is 6.07 Å². The van der Waals surface area contributed by atoms with Crippen molar-refractivity contribution in [1.29, 1.82) is 0 Å². The summed E-state index contributed by atoms with van der Waals surface area (Å²) >= 11 is 2.97. The molecule has 3 nitrogen and oxygen atoms in total. The van der Waals surface area contributed by atoms with Crippen LogP contribution in [0.2, 0.25) is 0 Å². The molecule has 0 saturated heterocycles. The van der Waals surface area contributed by atoms with Crippen LogP contribution in [0.1, 0.15) is 0 Å². The lowest BCUT2D eigenvalue weighted by Crippen LogP contribution is -1.81. The van der Waals surface area contributed by atoms with Crippen LogP contribution in [-0.4, -0.2) is 4.92 Å². The Balaban J connectivity index is 2.76. The molecule has 0 spiro atoms. The Morgan fingerprint density at radius 3 is 2.79 bits per heavy atom. The zero-order valence-corrected chi connectivity index (χ0v) is 9.63. The van der Waals surface area contributed by atoms with Gasteiger partial charge in [-0.25, -0.2) is 4.39 Å². The van der Waals surface area contributed by atoms with E-state index in [9.17, 15) is 14.5 Å². The molecule has 2 rings (SSSR count). The quantitative estimate of drug-likeness (QED) is 0.458. The number of hydrogen-bond acceptors (Lipinski definition) is 3. The summed E-state index contributed by atoms with van der Waals surface area (Å²) in [4.78, 5) is 9.96. The van der Waals surface area contributed by atoms with E-state index in [1.165, 1.54) is 12.1 Å². The fourth-order valence-corrected chi connectivity index (χ4v) is 2.87. The number of nitro groups is 1. The van der Waals surface area contributed by atoms with Crippen LogP contribution in [0.4, 0.5) is 9.39 Å². The molecule has 2 aromatic rings. The fourth-order valence-electron chi connectivity index (χ4n) is 1.14. The number of fused-ring (bicyclic) bond motifs is 1. The van der Waals surface area contributed by atoms with Gasteiger partial charge < -0.3 is 0 Å². The third-order valence-corrected chi connectivity index (χ3v) is 3.38. The normalized spacial score (nSPS) is 10.7. The first kappa shape index (κ1) is 9.78. The van der Waals surface area contributed by atoms with E-state index in [1.807, 2.05) is 22.6 Å². The van der Waals surface area contributed by atoms with Gasteiger partial charge in [-0.1, -0.05) is 11.3 Å². The van der Waals surface area contributed by atoms with Crippen molar-refractivity contribution in [3.8, 4) is 0 Å². The lowest BCUT2D eigenvalue weighted by molar-refractivity contribution is -0.380. The Bertz CT molecular complexity index is 525. The van der Waals surface area contributed by atoms with Gasteiger partial charge >= 0.3 is 5.00 Å². The first-order valence-corrected chi connectivity index (χ1v) is 5.50. The van der Waals surface area contributed by atoms with Crippen molar-refractivity contribution in [1.82, 2.24) is 0 Å². The molecular formula is C8H3FINO2S. The van der Waals surface area contributed by atoms with Crippen LogP contribution in [0, 0.1) is 19.5 Å². The average molecular weight is 323 g/mol. The maximum atomic E-state index is 13.3. The SMILES string of the molecule is O=[N+]([O-])c1cc2c(F)cc(I)cc2s1. The molecule has 0 saturated carbocycles. The highest BCUT2D eigenvalue weighted by Gasteiger charge is 2.14. The highest BCUT2D eigenvalue weighted by atomic mass is 127. The number of halogens is 2.